The maximum atomic E-state index is 13.2. The molecule has 1 aliphatic heterocycles. The molecule has 1 unspecified atom stereocenters. The zero-order valence-electron chi connectivity index (χ0n) is 21.0. The van der Waals surface area contributed by atoms with Crippen LogP contribution in [0.3, 0.4) is 0 Å². The van der Waals surface area contributed by atoms with Gasteiger partial charge in [-0.1, -0.05) is 26.0 Å². The molecule has 0 bridgehead atoms. The van der Waals surface area contributed by atoms with Crippen molar-refractivity contribution in [3.05, 3.63) is 88.9 Å². The van der Waals surface area contributed by atoms with Gasteiger partial charge >= 0.3 is 0 Å². The Bertz CT molecular complexity index is 1260. The van der Waals surface area contributed by atoms with Gasteiger partial charge in [-0.15, -0.1) is 0 Å². The Morgan fingerprint density at radius 1 is 1.11 bits per heavy atom. The molecule has 3 aromatic rings. The van der Waals surface area contributed by atoms with Gasteiger partial charge in [-0.25, -0.2) is 0 Å². The van der Waals surface area contributed by atoms with Crippen molar-refractivity contribution in [3.63, 3.8) is 0 Å². The summed E-state index contributed by atoms with van der Waals surface area (Å²) in [6, 6.07) is 15.4. The number of ether oxygens (including phenoxy) is 2. The summed E-state index contributed by atoms with van der Waals surface area (Å²) in [5, 5.41) is 11.3. The Hall–Kier alpha value is -4.00. The lowest BCUT2D eigenvalue weighted by Gasteiger charge is -2.23. The molecule has 0 radical (unpaired) electrons. The number of nitrogens with zero attached hydrogens (tertiary/aromatic N) is 1. The molecular weight excluding hydrogens is 458 g/mol. The number of carbonyl (C=O) groups is 2. The number of rotatable bonds is 9. The lowest BCUT2D eigenvalue weighted by Crippen LogP contribution is -2.31. The fraction of sp³-hybridized carbons (Fsp3) is 0.310. The molecule has 1 aromatic heterocycles. The van der Waals surface area contributed by atoms with Gasteiger partial charge in [0.25, 0.3) is 11.7 Å². The maximum absolute atomic E-state index is 13.2. The lowest BCUT2D eigenvalue weighted by molar-refractivity contribution is -0.140. The van der Waals surface area contributed by atoms with Crippen LogP contribution in [0, 0.1) is 12.8 Å². The zero-order valence-corrected chi connectivity index (χ0v) is 21.0. The van der Waals surface area contributed by atoms with Crippen LogP contribution in [-0.2, 0) is 16.0 Å². The summed E-state index contributed by atoms with van der Waals surface area (Å²) in [6.07, 6.45) is 2.01. The molecule has 7 heteroatoms. The summed E-state index contributed by atoms with van der Waals surface area (Å²) < 4.78 is 16.6. The van der Waals surface area contributed by atoms with Gasteiger partial charge in [0.05, 0.1) is 25.6 Å². The second kappa shape index (κ2) is 10.7. The van der Waals surface area contributed by atoms with Crippen LogP contribution in [-0.4, -0.2) is 42.0 Å². The van der Waals surface area contributed by atoms with E-state index in [1.807, 2.05) is 31.2 Å². The SMILES string of the molecule is COc1ccc(CCN2C(=O)C(=O)/C(=C(\O)c3ccc(OCC(C)C)c(C)c3)C2c2ccco2)cc1. The van der Waals surface area contributed by atoms with E-state index >= 15 is 0 Å². The fourth-order valence-electron chi connectivity index (χ4n) is 4.27. The van der Waals surface area contributed by atoms with Gasteiger partial charge in [-0.3, -0.25) is 9.59 Å². The van der Waals surface area contributed by atoms with Crippen molar-refractivity contribution in [2.75, 3.05) is 20.3 Å². The lowest BCUT2D eigenvalue weighted by atomic mass is 9.98. The Morgan fingerprint density at radius 2 is 1.86 bits per heavy atom. The first-order valence-corrected chi connectivity index (χ1v) is 12.0. The van der Waals surface area contributed by atoms with Gasteiger partial charge < -0.3 is 23.9 Å². The highest BCUT2D eigenvalue weighted by atomic mass is 16.5. The predicted octanol–water partition coefficient (Wildman–Crippen LogP) is 5.30. The number of carbonyl (C=O) groups excluding carboxylic acids is 2. The monoisotopic (exact) mass is 489 g/mol. The van der Waals surface area contributed by atoms with Gasteiger partial charge in [0.2, 0.25) is 0 Å². The van der Waals surface area contributed by atoms with Crippen molar-refractivity contribution in [1.29, 1.82) is 0 Å². The van der Waals surface area contributed by atoms with E-state index in [0.29, 0.717) is 36.0 Å². The summed E-state index contributed by atoms with van der Waals surface area (Å²) in [4.78, 5) is 27.7. The van der Waals surface area contributed by atoms with E-state index in [-0.39, 0.29) is 17.9 Å². The van der Waals surface area contributed by atoms with Gasteiger partial charge in [0, 0.05) is 12.1 Å². The molecule has 36 heavy (non-hydrogen) atoms. The Kier molecular flexibility index (Phi) is 7.48. The molecule has 4 rings (SSSR count). The second-order valence-corrected chi connectivity index (χ2v) is 9.29. The molecule has 1 fully saturated rings. The van der Waals surface area contributed by atoms with Crippen LogP contribution in [0.4, 0.5) is 0 Å². The Morgan fingerprint density at radius 3 is 2.47 bits per heavy atom. The van der Waals surface area contributed by atoms with E-state index in [1.165, 1.54) is 11.2 Å². The van der Waals surface area contributed by atoms with E-state index in [0.717, 1.165) is 16.9 Å². The first-order chi connectivity index (χ1) is 17.3. The number of hydrogen-bond donors (Lipinski definition) is 1. The average Bonchev–Trinajstić information content (AvgIpc) is 3.48. The quantitative estimate of drug-likeness (QED) is 0.249. The molecule has 0 spiro atoms. The van der Waals surface area contributed by atoms with E-state index in [2.05, 4.69) is 13.8 Å². The average molecular weight is 490 g/mol. The number of ketones is 1. The topological polar surface area (TPSA) is 89.2 Å². The molecule has 0 aliphatic carbocycles. The van der Waals surface area contributed by atoms with Crippen molar-refractivity contribution in [2.45, 2.75) is 33.2 Å². The number of aliphatic hydroxyl groups is 1. The summed E-state index contributed by atoms with van der Waals surface area (Å²) in [5.41, 5.74) is 2.26. The van der Waals surface area contributed by atoms with Gasteiger partial charge in [0.1, 0.15) is 29.1 Å². The summed E-state index contributed by atoms with van der Waals surface area (Å²) in [7, 11) is 1.60. The van der Waals surface area contributed by atoms with Crippen LogP contribution in [0.5, 0.6) is 11.5 Å². The van der Waals surface area contributed by atoms with E-state index in [9.17, 15) is 14.7 Å². The highest BCUT2D eigenvalue weighted by Gasteiger charge is 2.47. The highest BCUT2D eigenvalue weighted by Crippen LogP contribution is 2.40. The molecule has 2 aromatic carbocycles. The van der Waals surface area contributed by atoms with Crippen LogP contribution < -0.4 is 9.47 Å². The number of amides is 1. The third-order valence-corrected chi connectivity index (χ3v) is 6.17. The number of methoxy groups -OCH3 is 1. The predicted molar refractivity (Wildman–Crippen MR) is 136 cm³/mol. The number of aryl methyl sites for hydroxylation is 1. The summed E-state index contributed by atoms with van der Waals surface area (Å²) >= 11 is 0. The standard InChI is InChI=1S/C29H31NO6/c1-18(2)17-36-23-12-9-21(16-19(23)3)27(31)25-26(24-6-5-15-35-24)30(29(33)28(25)32)14-13-20-7-10-22(34-4)11-8-20/h5-12,15-16,18,26,31H,13-14,17H2,1-4H3/b27-25-. The minimum Gasteiger partial charge on any atom is -0.507 e. The highest BCUT2D eigenvalue weighted by molar-refractivity contribution is 6.46. The van der Waals surface area contributed by atoms with Gasteiger partial charge in [-0.05, 0) is 72.9 Å². The van der Waals surface area contributed by atoms with Crippen LogP contribution in [0.1, 0.15) is 42.3 Å². The van der Waals surface area contributed by atoms with Crippen molar-refractivity contribution >= 4 is 17.4 Å². The zero-order chi connectivity index (χ0) is 25.8. The molecule has 0 saturated carbocycles. The third-order valence-electron chi connectivity index (χ3n) is 6.17. The van der Waals surface area contributed by atoms with Gasteiger partial charge in [0.15, 0.2) is 0 Å². The van der Waals surface area contributed by atoms with Crippen LogP contribution in [0.25, 0.3) is 5.76 Å². The van der Waals surface area contributed by atoms with Crippen molar-refractivity contribution in [1.82, 2.24) is 4.90 Å². The molecule has 1 atom stereocenters. The number of hydrogen-bond acceptors (Lipinski definition) is 6. The normalized spacial score (nSPS) is 17.1. The molecule has 1 aliphatic rings. The van der Waals surface area contributed by atoms with E-state index < -0.39 is 17.7 Å². The first kappa shape index (κ1) is 25.1. The first-order valence-electron chi connectivity index (χ1n) is 12.0. The van der Waals surface area contributed by atoms with Crippen molar-refractivity contribution in [2.24, 2.45) is 5.92 Å². The molecular formula is C29H31NO6. The van der Waals surface area contributed by atoms with Crippen LogP contribution >= 0.6 is 0 Å². The van der Waals surface area contributed by atoms with E-state index in [1.54, 1.807) is 37.4 Å². The third kappa shape index (κ3) is 5.15. The molecule has 188 valence electrons. The molecule has 1 N–H and O–H groups in total. The molecule has 2 heterocycles. The van der Waals surface area contributed by atoms with Crippen molar-refractivity contribution < 1.29 is 28.6 Å². The molecule has 1 saturated heterocycles. The van der Waals surface area contributed by atoms with Crippen LogP contribution in [0.2, 0.25) is 0 Å². The second-order valence-electron chi connectivity index (χ2n) is 9.29. The number of likely N-dealkylation sites (tertiary alicyclic amines) is 1. The number of aliphatic hydroxyl groups excluding tert-OH is 1. The summed E-state index contributed by atoms with van der Waals surface area (Å²) in [5.74, 6) is 0.605. The molecule has 1 amide bonds. The number of furan rings is 1. The number of Topliss-reactive ketones (excluding diaryl/α,β-unsaturated/α-hetero) is 1. The minimum atomic E-state index is -0.824. The van der Waals surface area contributed by atoms with Crippen molar-refractivity contribution in [3.8, 4) is 11.5 Å². The minimum absolute atomic E-state index is 0.0138. The number of benzene rings is 2. The molecule has 7 nitrogen and oxygen atoms in total. The largest absolute Gasteiger partial charge is 0.507 e. The van der Waals surface area contributed by atoms with Crippen LogP contribution in [0.15, 0.2) is 70.9 Å². The smallest absolute Gasteiger partial charge is 0.295 e. The maximum Gasteiger partial charge on any atom is 0.295 e. The Labute approximate surface area is 210 Å². The van der Waals surface area contributed by atoms with Gasteiger partial charge in [-0.2, -0.15) is 0 Å². The Balaban J connectivity index is 1.66. The van der Waals surface area contributed by atoms with E-state index in [4.69, 9.17) is 13.9 Å². The fourth-order valence-corrected chi connectivity index (χ4v) is 4.27. The summed E-state index contributed by atoms with van der Waals surface area (Å²) in [6.45, 7) is 6.86.